The Morgan fingerprint density at radius 1 is 1.63 bits per heavy atom. The molecule has 2 aliphatic heterocycles. The third kappa shape index (κ3) is 2.48. The summed E-state index contributed by atoms with van der Waals surface area (Å²) in [5.41, 5.74) is 4.07. The minimum absolute atomic E-state index is 0.0996. The maximum Gasteiger partial charge on any atom is 0.229 e. The number of aliphatic hydroxyl groups excluding tert-OH is 3. The minimum Gasteiger partial charge on any atom is -0.393 e. The van der Waals surface area contributed by atoms with Crippen molar-refractivity contribution in [1.82, 2.24) is 4.90 Å². The van der Waals surface area contributed by atoms with Gasteiger partial charge in [-0.25, -0.2) is 9.38 Å². The average molecular weight is 340 g/mol. The van der Waals surface area contributed by atoms with Gasteiger partial charge in [0.05, 0.1) is 12.7 Å². The lowest BCUT2D eigenvalue weighted by atomic mass is 10.0. The molecule has 5 N–H and O–H groups in total. The van der Waals surface area contributed by atoms with Crippen molar-refractivity contribution in [3.8, 4) is 0 Å². The van der Waals surface area contributed by atoms with Gasteiger partial charge in [0, 0.05) is 18.0 Å². The SMILES string of the molecule is NC1=NC(O)N([C@H]2C[C@H](O)[C@](CO)(CBr)O2)C=C1F. The highest BCUT2D eigenvalue weighted by Gasteiger charge is 2.49. The molecule has 2 heterocycles. The summed E-state index contributed by atoms with van der Waals surface area (Å²) < 4.78 is 18.9. The lowest BCUT2D eigenvalue weighted by Crippen LogP contribution is -2.47. The van der Waals surface area contributed by atoms with E-state index in [2.05, 4.69) is 20.9 Å². The quantitative estimate of drug-likeness (QED) is 0.490. The largest absolute Gasteiger partial charge is 0.393 e. The van der Waals surface area contributed by atoms with Crippen LogP contribution in [0.4, 0.5) is 4.39 Å². The molecule has 9 heteroatoms. The number of alkyl halides is 1. The lowest BCUT2D eigenvalue weighted by Gasteiger charge is -2.33. The second-order valence-electron chi connectivity index (χ2n) is 4.47. The second-order valence-corrected chi connectivity index (χ2v) is 5.03. The van der Waals surface area contributed by atoms with E-state index in [0.717, 1.165) is 11.1 Å². The molecule has 0 saturated carbocycles. The first kappa shape index (κ1) is 14.7. The van der Waals surface area contributed by atoms with Gasteiger partial charge in [0.15, 0.2) is 11.7 Å². The number of rotatable bonds is 3. The van der Waals surface area contributed by atoms with Crippen molar-refractivity contribution in [2.24, 2.45) is 10.7 Å². The molecule has 0 spiro atoms. The zero-order valence-electron chi connectivity index (χ0n) is 9.91. The van der Waals surface area contributed by atoms with Crippen molar-refractivity contribution in [1.29, 1.82) is 0 Å². The van der Waals surface area contributed by atoms with Crippen molar-refractivity contribution < 1.29 is 24.4 Å². The van der Waals surface area contributed by atoms with Gasteiger partial charge in [0.25, 0.3) is 0 Å². The van der Waals surface area contributed by atoms with Gasteiger partial charge in [-0.1, -0.05) is 15.9 Å². The highest BCUT2D eigenvalue weighted by molar-refractivity contribution is 9.09. The van der Waals surface area contributed by atoms with Crippen molar-refractivity contribution in [3.05, 3.63) is 12.0 Å². The zero-order chi connectivity index (χ0) is 14.2. The number of ether oxygens (including phenoxy) is 1. The summed E-state index contributed by atoms with van der Waals surface area (Å²) in [5.74, 6) is -1.18. The Morgan fingerprint density at radius 2 is 2.32 bits per heavy atom. The molecular weight excluding hydrogens is 325 g/mol. The summed E-state index contributed by atoms with van der Waals surface area (Å²) in [4.78, 5) is 4.62. The van der Waals surface area contributed by atoms with Gasteiger partial charge < -0.3 is 30.7 Å². The van der Waals surface area contributed by atoms with E-state index in [4.69, 9.17) is 10.5 Å². The molecule has 0 aromatic rings. The molecule has 0 aliphatic carbocycles. The molecule has 0 amide bonds. The van der Waals surface area contributed by atoms with Crippen LogP contribution in [-0.4, -0.2) is 62.3 Å². The standard InChI is InChI=1S/C10H15BrFN3O4/c11-3-10(4-16)6(17)1-7(19-10)15-2-5(12)8(13)14-9(15)18/h2,6-7,9,16-18H,1,3-4H2,(H2,13,14)/t6-,7+,9?,10+/m0/s1. The summed E-state index contributed by atoms with van der Waals surface area (Å²) in [5, 5.41) is 29.2. The normalized spacial score (nSPS) is 39.2. The van der Waals surface area contributed by atoms with Crippen molar-refractivity contribution >= 4 is 21.8 Å². The molecule has 0 aromatic heterocycles. The van der Waals surface area contributed by atoms with E-state index in [0.29, 0.717) is 0 Å². The third-order valence-corrected chi connectivity index (χ3v) is 4.21. The predicted octanol–water partition coefficient (Wildman–Crippen LogP) is -1.02. The Morgan fingerprint density at radius 3 is 2.84 bits per heavy atom. The number of nitrogens with two attached hydrogens (primary N) is 1. The summed E-state index contributed by atoms with van der Waals surface area (Å²) >= 11 is 3.16. The van der Waals surface area contributed by atoms with Crippen LogP contribution in [0.5, 0.6) is 0 Å². The van der Waals surface area contributed by atoms with Crippen LogP contribution in [0.2, 0.25) is 0 Å². The molecule has 1 fully saturated rings. The first-order chi connectivity index (χ1) is 8.93. The van der Waals surface area contributed by atoms with Crippen LogP contribution in [0.1, 0.15) is 6.42 Å². The Labute approximate surface area is 117 Å². The van der Waals surface area contributed by atoms with E-state index >= 15 is 0 Å². The van der Waals surface area contributed by atoms with Crippen LogP contribution < -0.4 is 5.73 Å². The highest BCUT2D eigenvalue weighted by atomic mass is 79.9. The predicted molar refractivity (Wildman–Crippen MR) is 67.8 cm³/mol. The van der Waals surface area contributed by atoms with E-state index < -0.39 is 42.6 Å². The molecule has 19 heavy (non-hydrogen) atoms. The van der Waals surface area contributed by atoms with Crippen molar-refractivity contribution in [2.45, 2.75) is 30.7 Å². The molecule has 0 bridgehead atoms. The van der Waals surface area contributed by atoms with Gasteiger partial charge in [-0.15, -0.1) is 0 Å². The third-order valence-electron chi connectivity index (χ3n) is 3.26. The molecular formula is C10H15BrFN3O4. The van der Waals surface area contributed by atoms with E-state index in [1.807, 2.05) is 0 Å². The van der Waals surface area contributed by atoms with Crippen LogP contribution in [-0.2, 0) is 4.74 Å². The first-order valence-corrected chi connectivity index (χ1v) is 6.75. The van der Waals surface area contributed by atoms with Crippen LogP contribution in [0.15, 0.2) is 17.0 Å². The second kappa shape index (κ2) is 5.33. The van der Waals surface area contributed by atoms with Crippen LogP contribution in [0, 0.1) is 0 Å². The Balaban J connectivity index is 2.17. The maximum atomic E-state index is 13.4. The zero-order valence-corrected chi connectivity index (χ0v) is 11.5. The molecule has 7 nitrogen and oxygen atoms in total. The van der Waals surface area contributed by atoms with Gasteiger partial charge in [-0.3, -0.25) is 0 Å². The van der Waals surface area contributed by atoms with Gasteiger partial charge in [0.2, 0.25) is 6.35 Å². The molecule has 0 radical (unpaired) electrons. The Kier molecular flexibility index (Phi) is 4.11. The molecule has 2 rings (SSSR count). The van der Waals surface area contributed by atoms with E-state index in [1.165, 1.54) is 0 Å². The number of aliphatic imine (C=N–C) groups is 1. The lowest BCUT2D eigenvalue weighted by molar-refractivity contribution is -0.150. The summed E-state index contributed by atoms with van der Waals surface area (Å²) in [7, 11) is 0. The molecule has 108 valence electrons. The molecule has 2 aliphatic rings. The fourth-order valence-corrected chi connectivity index (χ4v) is 2.72. The number of hydrogen-bond acceptors (Lipinski definition) is 7. The van der Waals surface area contributed by atoms with Gasteiger partial charge in [-0.2, -0.15) is 0 Å². The summed E-state index contributed by atoms with van der Waals surface area (Å²) in [6, 6.07) is 0. The molecule has 1 unspecified atom stereocenters. The minimum atomic E-state index is -1.39. The van der Waals surface area contributed by atoms with Crippen LogP contribution >= 0.6 is 15.9 Å². The van der Waals surface area contributed by atoms with E-state index in [9.17, 15) is 19.7 Å². The fraction of sp³-hybridized carbons (Fsp3) is 0.700. The molecule has 0 aromatic carbocycles. The fourth-order valence-electron chi connectivity index (χ4n) is 2.04. The first-order valence-electron chi connectivity index (χ1n) is 5.62. The van der Waals surface area contributed by atoms with Gasteiger partial charge in [0.1, 0.15) is 11.8 Å². The van der Waals surface area contributed by atoms with E-state index in [1.54, 1.807) is 0 Å². The van der Waals surface area contributed by atoms with Gasteiger partial charge in [-0.05, 0) is 0 Å². The highest BCUT2D eigenvalue weighted by Crippen LogP contribution is 2.35. The van der Waals surface area contributed by atoms with Gasteiger partial charge >= 0.3 is 0 Å². The van der Waals surface area contributed by atoms with Crippen molar-refractivity contribution in [3.63, 3.8) is 0 Å². The van der Waals surface area contributed by atoms with Crippen molar-refractivity contribution in [2.75, 3.05) is 11.9 Å². The average Bonchev–Trinajstić information content (AvgIpc) is 2.71. The number of amidine groups is 1. The monoisotopic (exact) mass is 339 g/mol. The number of halogens is 2. The summed E-state index contributed by atoms with van der Waals surface area (Å²) in [6.45, 7) is -0.405. The topological polar surface area (TPSA) is 112 Å². The number of hydrogen-bond donors (Lipinski definition) is 4. The van der Waals surface area contributed by atoms with Crippen LogP contribution in [0.3, 0.4) is 0 Å². The smallest absolute Gasteiger partial charge is 0.229 e. The number of aliphatic hydroxyl groups is 3. The Hall–Kier alpha value is -0.740. The Bertz CT molecular complexity index is 416. The molecule has 4 atom stereocenters. The summed E-state index contributed by atoms with van der Waals surface area (Å²) in [6.07, 6.45) is -2.07. The number of nitrogens with zero attached hydrogens (tertiary/aromatic N) is 2. The maximum absolute atomic E-state index is 13.4. The molecule has 1 saturated heterocycles. The van der Waals surface area contributed by atoms with E-state index in [-0.39, 0.29) is 11.8 Å². The van der Waals surface area contributed by atoms with Crippen LogP contribution in [0.25, 0.3) is 0 Å².